The SMILES string of the molecule is C#CC(=C)C=NC(=C)C1=NC=C(C#C)CC1. The van der Waals surface area contributed by atoms with E-state index >= 15 is 0 Å². The highest BCUT2D eigenvalue weighted by Crippen LogP contribution is 2.15. The van der Waals surface area contributed by atoms with E-state index in [1.807, 2.05) is 0 Å². The van der Waals surface area contributed by atoms with Crippen LogP contribution in [0.1, 0.15) is 12.8 Å². The molecule has 0 saturated carbocycles. The molecule has 0 aromatic rings. The summed E-state index contributed by atoms with van der Waals surface area (Å²) in [6.07, 6.45) is 15.2. The summed E-state index contributed by atoms with van der Waals surface area (Å²) in [5.74, 6) is 4.94. The van der Waals surface area contributed by atoms with Crippen molar-refractivity contribution in [1.29, 1.82) is 0 Å². The standard InChI is InChI=1S/C14H12N2/c1-5-11(3)9-15-12(4)14-8-7-13(6-2)10-16-14/h1-2,9-10H,3-4,7-8H2. The van der Waals surface area contributed by atoms with Crippen LogP contribution >= 0.6 is 0 Å². The summed E-state index contributed by atoms with van der Waals surface area (Å²) in [7, 11) is 0. The third-order valence-electron chi connectivity index (χ3n) is 2.09. The van der Waals surface area contributed by atoms with Crippen LogP contribution in [-0.2, 0) is 0 Å². The lowest BCUT2D eigenvalue weighted by molar-refractivity contribution is 1.01. The second-order valence-electron chi connectivity index (χ2n) is 3.25. The molecule has 2 nitrogen and oxygen atoms in total. The van der Waals surface area contributed by atoms with Gasteiger partial charge in [-0.05, 0) is 12.8 Å². The van der Waals surface area contributed by atoms with E-state index in [2.05, 4.69) is 35.0 Å². The summed E-state index contributed by atoms with van der Waals surface area (Å²) in [4.78, 5) is 8.30. The summed E-state index contributed by atoms with van der Waals surface area (Å²) in [5, 5.41) is 0. The molecule has 0 radical (unpaired) electrons. The third kappa shape index (κ3) is 3.12. The Bertz CT molecular complexity index is 488. The largest absolute Gasteiger partial charge is 0.258 e. The van der Waals surface area contributed by atoms with Crippen LogP contribution in [0, 0.1) is 24.7 Å². The number of hydrogen-bond donors (Lipinski definition) is 0. The molecule has 0 saturated heterocycles. The van der Waals surface area contributed by atoms with Gasteiger partial charge >= 0.3 is 0 Å². The first-order valence-corrected chi connectivity index (χ1v) is 4.78. The van der Waals surface area contributed by atoms with Crippen LogP contribution in [0.15, 0.2) is 46.2 Å². The highest BCUT2D eigenvalue weighted by Gasteiger charge is 2.08. The average Bonchev–Trinajstić information content (AvgIpc) is 2.35. The predicted molar refractivity (Wildman–Crippen MR) is 69.2 cm³/mol. The molecule has 1 aliphatic rings. The van der Waals surface area contributed by atoms with Gasteiger partial charge in [0.25, 0.3) is 0 Å². The second kappa shape index (κ2) is 5.53. The third-order valence-corrected chi connectivity index (χ3v) is 2.09. The Hall–Kier alpha value is -2.32. The Balaban J connectivity index is 2.72. The second-order valence-corrected chi connectivity index (χ2v) is 3.25. The molecule has 16 heavy (non-hydrogen) atoms. The Morgan fingerprint density at radius 1 is 1.44 bits per heavy atom. The minimum atomic E-state index is 0.511. The van der Waals surface area contributed by atoms with Gasteiger partial charge in [-0.3, -0.25) is 9.98 Å². The molecular weight excluding hydrogens is 196 g/mol. The number of aliphatic imine (C=N–C) groups is 2. The van der Waals surface area contributed by atoms with Crippen LogP contribution in [0.2, 0.25) is 0 Å². The van der Waals surface area contributed by atoms with Crippen LogP contribution in [0.3, 0.4) is 0 Å². The summed E-state index contributed by atoms with van der Waals surface area (Å²) < 4.78 is 0. The fourth-order valence-corrected chi connectivity index (χ4v) is 1.13. The Kier molecular flexibility index (Phi) is 4.07. The average molecular weight is 208 g/mol. The summed E-state index contributed by atoms with van der Waals surface area (Å²) in [5.41, 5.74) is 2.84. The van der Waals surface area contributed by atoms with Crippen LogP contribution in [0.25, 0.3) is 0 Å². The first-order chi connectivity index (χ1) is 7.67. The van der Waals surface area contributed by atoms with Gasteiger partial charge in [0.15, 0.2) is 0 Å². The number of hydrogen-bond acceptors (Lipinski definition) is 2. The van der Waals surface area contributed by atoms with E-state index in [9.17, 15) is 0 Å². The zero-order chi connectivity index (χ0) is 12.0. The number of allylic oxidation sites excluding steroid dienone is 3. The fraction of sp³-hybridized carbons (Fsp3) is 0.143. The van der Waals surface area contributed by atoms with E-state index in [-0.39, 0.29) is 0 Å². The topological polar surface area (TPSA) is 24.7 Å². The summed E-state index contributed by atoms with van der Waals surface area (Å²) >= 11 is 0. The van der Waals surface area contributed by atoms with Crippen molar-refractivity contribution < 1.29 is 0 Å². The first kappa shape index (κ1) is 11.8. The van der Waals surface area contributed by atoms with Crippen molar-refractivity contribution in [3.63, 3.8) is 0 Å². The molecule has 0 fully saturated rings. The van der Waals surface area contributed by atoms with Gasteiger partial charge < -0.3 is 0 Å². The first-order valence-electron chi connectivity index (χ1n) is 4.78. The Morgan fingerprint density at radius 3 is 2.69 bits per heavy atom. The smallest absolute Gasteiger partial charge is 0.0773 e. The van der Waals surface area contributed by atoms with Gasteiger partial charge in [0.1, 0.15) is 0 Å². The highest BCUT2D eigenvalue weighted by atomic mass is 14.8. The van der Waals surface area contributed by atoms with Crippen molar-refractivity contribution in [2.75, 3.05) is 0 Å². The van der Waals surface area contributed by atoms with E-state index < -0.39 is 0 Å². The molecular formula is C14H12N2. The Labute approximate surface area is 96.2 Å². The van der Waals surface area contributed by atoms with Crippen molar-refractivity contribution in [1.82, 2.24) is 0 Å². The van der Waals surface area contributed by atoms with Crippen molar-refractivity contribution in [2.24, 2.45) is 9.98 Å². The molecule has 78 valence electrons. The minimum absolute atomic E-state index is 0.511. The van der Waals surface area contributed by atoms with E-state index in [0.717, 1.165) is 24.1 Å². The Morgan fingerprint density at radius 2 is 2.19 bits per heavy atom. The molecule has 0 aromatic carbocycles. The number of terminal acetylenes is 2. The zero-order valence-electron chi connectivity index (χ0n) is 9.03. The van der Waals surface area contributed by atoms with Crippen molar-refractivity contribution in [3.05, 3.63) is 36.2 Å². The summed E-state index contributed by atoms with van der Waals surface area (Å²) in [6.45, 7) is 7.43. The zero-order valence-corrected chi connectivity index (χ0v) is 9.03. The molecule has 0 spiro atoms. The van der Waals surface area contributed by atoms with Gasteiger partial charge in [-0.25, -0.2) is 0 Å². The van der Waals surface area contributed by atoms with Crippen molar-refractivity contribution >= 4 is 11.9 Å². The van der Waals surface area contributed by atoms with E-state index in [1.165, 1.54) is 6.21 Å². The van der Waals surface area contributed by atoms with Gasteiger partial charge in [0.05, 0.1) is 11.4 Å². The maximum absolute atomic E-state index is 5.27. The van der Waals surface area contributed by atoms with Gasteiger partial charge in [0, 0.05) is 23.6 Å². The van der Waals surface area contributed by atoms with Gasteiger partial charge in [0.2, 0.25) is 0 Å². The maximum Gasteiger partial charge on any atom is 0.0773 e. The maximum atomic E-state index is 5.27. The van der Waals surface area contributed by atoms with Crippen LogP contribution in [-0.4, -0.2) is 11.9 Å². The molecule has 0 atom stereocenters. The number of rotatable bonds is 3. The van der Waals surface area contributed by atoms with Gasteiger partial charge in [-0.1, -0.05) is 25.0 Å². The fourth-order valence-electron chi connectivity index (χ4n) is 1.13. The van der Waals surface area contributed by atoms with Crippen LogP contribution in [0.5, 0.6) is 0 Å². The molecule has 1 aliphatic heterocycles. The molecule has 0 N–H and O–H groups in total. The molecule has 0 bridgehead atoms. The molecule has 2 heteroatoms. The van der Waals surface area contributed by atoms with E-state index in [0.29, 0.717) is 11.3 Å². The molecule has 1 rings (SSSR count). The van der Waals surface area contributed by atoms with Gasteiger partial charge in [-0.2, -0.15) is 0 Å². The lowest BCUT2D eigenvalue weighted by Gasteiger charge is -2.09. The normalized spacial score (nSPS) is 14.6. The minimum Gasteiger partial charge on any atom is -0.258 e. The van der Waals surface area contributed by atoms with Crippen molar-refractivity contribution in [2.45, 2.75) is 12.8 Å². The summed E-state index contributed by atoms with van der Waals surface area (Å²) in [6, 6.07) is 0. The molecule has 0 unspecified atom stereocenters. The predicted octanol–water partition coefficient (Wildman–Crippen LogP) is 2.51. The molecule has 0 aliphatic carbocycles. The highest BCUT2D eigenvalue weighted by molar-refractivity contribution is 6.02. The monoisotopic (exact) mass is 208 g/mol. The molecule has 0 aromatic heterocycles. The van der Waals surface area contributed by atoms with Crippen LogP contribution < -0.4 is 0 Å². The number of nitrogens with zero attached hydrogens (tertiary/aromatic N) is 2. The lowest BCUT2D eigenvalue weighted by Crippen LogP contribution is -2.04. The van der Waals surface area contributed by atoms with Crippen molar-refractivity contribution in [3.8, 4) is 24.7 Å². The molecule has 0 amide bonds. The van der Waals surface area contributed by atoms with Gasteiger partial charge in [-0.15, -0.1) is 12.8 Å². The lowest BCUT2D eigenvalue weighted by atomic mass is 10.0. The quantitative estimate of drug-likeness (QED) is 0.503. The molecule has 1 heterocycles. The van der Waals surface area contributed by atoms with Crippen LogP contribution in [0.4, 0.5) is 0 Å². The van der Waals surface area contributed by atoms with E-state index in [1.54, 1.807) is 6.20 Å². The van der Waals surface area contributed by atoms with E-state index in [4.69, 9.17) is 12.8 Å².